The number of carbonyl (C=O) groups excluding carboxylic acids is 1. The molecule has 0 spiro atoms. The molecule has 1 fully saturated rings. The summed E-state index contributed by atoms with van der Waals surface area (Å²) in [4.78, 5) is 20.2. The molecule has 130 valence electrons. The van der Waals surface area contributed by atoms with Crippen LogP contribution in [0.2, 0.25) is 0 Å². The smallest absolute Gasteiger partial charge is 0.251 e. The van der Waals surface area contributed by atoms with Crippen molar-refractivity contribution in [1.82, 2.24) is 14.5 Å². The zero-order chi connectivity index (χ0) is 17.6. The minimum absolute atomic E-state index is 0.0968. The Balaban J connectivity index is 2.22. The summed E-state index contributed by atoms with van der Waals surface area (Å²) in [5, 5.41) is 29.7. The summed E-state index contributed by atoms with van der Waals surface area (Å²) < 4.78 is 12.1. The van der Waals surface area contributed by atoms with Crippen LogP contribution in [0.5, 0.6) is 5.88 Å². The van der Waals surface area contributed by atoms with Crippen LogP contribution in [0.15, 0.2) is 6.20 Å². The number of methoxy groups -OCH3 is 1. The highest BCUT2D eigenvalue weighted by Crippen LogP contribution is 2.35. The number of nitrogens with two attached hydrogens (primary N) is 1. The second-order valence-corrected chi connectivity index (χ2v) is 5.52. The van der Waals surface area contributed by atoms with Crippen LogP contribution in [0.4, 0.5) is 0 Å². The molecule has 1 amide bonds. The number of aromatic nitrogens is 3. The summed E-state index contributed by atoms with van der Waals surface area (Å²) in [6, 6.07) is 0. The van der Waals surface area contributed by atoms with Crippen molar-refractivity contribution >= 4 is 16.9 Å². The molecule has 0 bridgehead atoms. The monoisotopic (exact) mass is 338 g/mol. The van der Waals surface area contributed by atoms with E-state index in [1.54, 1.807) is 6.92 Å². The number of nitrogens with zero attached hydrogens (tertiary/aromatic N) is 3. The van der Waals surface area contributed by atoms with E-state index < -0.39 is 37.1 Å². The summed E-state index contributed by atoms with van der Waals surface area (Å²) >= 11 is 0. The number of amides is 1. The first kappa shape index (κ1) is 16.6. The van der Waals surface area contributed by atoms with Crippen molar-refractivity contribution in [3.63, 3.8) is 0 Å². The number of primary amides is 1. The van der Waals surface area contributed by atoms with Gasteiger partial charge < -0.3 is 35.1 Å². The third-order valence-corrected chi connectivity index (χ3v) is 4.00. The number of aliphatic hydroxyl groups excluding tert-OH is 3. The lowest BCUT2D eigenvalue weighted by Crippen LogP contribution is -2.33. The maximum atomic E-state index is 11.8. The SMILES string of the molecule is COc1nc(C)nc2c1c(C(N)=O)cn2[C@@H]1O[C@H](CO)[C@@H](O)[C@H]1O. The molecule has 0 saturated carbocycles. The van der Waals surface area contributed by atoms with Gasteiger partial charge in [-0.2, -0.15) is 4.98 Å². The van der Waals surface area contributed by atoms with Crippen LogP contribution in [0, 0.1) is 6.92 Å². The highest BCUT2D eigenvalue weighted by molar-refractivity contribution is 6.07. The van der Waals surface area contributed by atoms with Gasteiger partial charge in [0.25, 0.3) is 5.91 Å². The Morgan fingerprint density at radius 2 is 2.12 bits per heavy atom. The fourth-order valence-corrected chi connectivity index (χ4v) is 2.86. The van der Waals surface area contributed by atoms with Crippen molar-refractivity contribution < 1.29 is 29.6 Å². The Morgan fingerprint density at radius 3 is 2.67 bits per heavy atom. The first-order valence-corrected chi connectivity index (χ1v) is 7.24. The van der Waals surface area contributed by atoms with E-state index in [4.69, 9.17) is 15.2 Å². The van der Waals surface area contributed by atoms with Crippen LogP contribution in [-0.2, 0) is 4.74 Å². The number of hydrogen-bond donors (Lipinski definition) is 4. The Labute approximate surface area is 136 Å². The van der Waals surface area contributed by atoms with Gasteiger partial charge in [-0.3, -0.25) is 4.79 Å². The van der Waals surface area contributed by atoms with Gasteiger partial charge in [0.05, 0.1) is 24.7 Å². The molecule has 4 atom stereocenters. The predicted octanol–water partition coefficient (Wildman–Crippen LogP) is -1.54. The molecule has 5 N–H and O–H groups in total. The van der Waals surface area contributed by atoms with Gasteiger partial charge in [0, 0.05) is 6.20 Å². The fourth-order valence-electron chi connectivity index (χ4n) is 2.86. The first-order chi connectivity index (χ1) is 11.4. The zero-order valence-corrected chi connectivity index (χ0v) is 13.1. The third kappa shape index (κ3) is 2.40. The van der Waals surface area contributed by atoms with Gasteiger partial charge in [-0.05, 0) is 6.92 Å². The second kappa shape index (κ2) is 5.98. The summed E-state index contributed by atoms with van der Waals surface area (Å²) in [7, 11) is 1.40. The maximum absolute atomic E-state index is 11.8. The number of carbonyl (C=O) groups is 1. The fraction of sp³-hybridized carbons (Fsp3) is 0.500. The van der Waals surface area contributed by atoms with Crippen LogP contribution in [0.25, 0.3) is 11.0 Å². The summed E-state index contributed by atoms with van der Waals surface area (Å²) in [5.74, 6) is -0.186. The van der Waals surface area contributed by atoms with Gasteiger partial charge in [0.2, 0.25) is 5.88 Å². The van der Waals surface area contributed by atoms with E-state index >= 15 is 0 Å². The molecule has 2 aromatic heterocycles. The molecule has 0 aliphatic carbocycles. The van der Waals surface area contributed by atoms with Gasteiger partial charge in [0.15, 0.2) is 11.9 Å². The number of ether oxygens (including phenoxy) is 2. The maximum Gasteiger partial charge on any atom is 0.251 e. The molecule has 0 aromatic carbocycles. The standard InChI is InChI=1S/C14H18N4O6/c1-5-16-12-8(13(17-5)23-2)6(11(15)22)3-18(12)14-10(21)9(20)7(4-19)24-14/h3,7,9-10,14,19-21H,4H2,1-2H3,(H2,15,22)/t7-,9-,10-,14-/m1/s1. The molecule has 1 saturated heterocycles. The average Bonchev–Trinajstić information content (AvgIpc) is 3.05. The van der Waals surface area contributed by atoms with E-state index in [1.165, 1.54) is 17.9 Å². The molecule has 10 heteroatoms. The molecule has 0 radical (unpaired) electrons. The van der Waals surface area contributed by atoms with E-state index in [0.29, 0.717) is 5.82 Å². The lowest BCUT2D eigenvalue weighted by molar-refractivity contribution is -0.0509. The predicted molar refractivity (Wildman–Crippen MR) is 80.3 cm³/mol. The van der Waals surface area contributed by atoms with Crippen molar-refractivity contribution in [2.75, 3.05) is 13.7 Å². The van der Waals surface area contributed by atoms with E-state index in [0.717, 1.165) is 0 Å². The summed E-state index contributed by atoms with van der Waals surface area (Å²) in [6.45, 7) is 1.18. The normalized spacial score (nSPS) is 26.9. The molecule has 2 aromatic rings. The number of rotatable bonds is 4. The molecular weight excluding hydrogens is 320 g/mol. The summed E-state index contributed by atoms with van der Waals surface area (Å²) in [6.07, 6.45) is -3.24. The Morgan fingerprint density at radius 1 is 1.42 bits per heavy atom. The van der Waals surface area contributed by atoms with Crippen LogP contribution in [0.1, 0.15) is 22.4 Å². The van der Waals surface area contributed by atoms with E-state index in [2.05, 4.69) is 9.97 Å². The topological polar surface area (TPSA) is 153 Å². The molecule has 1 aliphatic rings. The quantitative estimate of drug-likeness (QED) is 0.523. The average molecular weight is 338 g/mol. The van der Waals surface area contributed by atoms with Crippen molar-refractivity contribution in [3.8, 4) is 5.88 Å². The van der Waals surface area contributed by atoms with Crippen molar-refractivity contribution in [3.05, 3.63) is 17.6 Å². The first-order valence-electron chi connectivity index (χ1n) is 7.24. The minimum atomic E-state index is -1.32. The van der Waals surface area contributed by atoms with Crippen molar-refractivity contribution in [2.45, 2.75) is 31.5 Å². The van der Waals surface area contributed by atoms with Crippen LogP contribution in [0.3, 0.4) is 0 Å². The van der Waals surface area contributed by atoms with Gasteiger partial charge in [-0.15, -0.1) is 0 Å². The highest BCUT2D eigenvalue weighted by Gasteiger charge is 2.44. The number of hydrogen-bond acceptors (Lipinski definition) is 8. The lowest BCUT2D eigenvalue weighted by Gasteiger charge is -2.17. The van der Waals surface area contributed by atoms with E-state index in [-0.39, 0.29) is 22.5 Å². The van der Waals surface area contributed by atoms with Gasteiger partial charge >= 0.3 is 0 Å². The van der Waals surface area contributed by atoms with E-state index in [9.17, 15) is 20.1 Å². The molecule has 10 nitrogen and oxygen atoms in total. The van der Waals surface area contributed by atoms with Crippen molar-refractivity contribution in [2.24, 2.45) is 5.73 Å². The Bertz CT molecular complexity index is 791. The van der Waals surface area contributed by atoms with Crippen molar-refractivity contribution in [1.29, 1.82) is 0 Å². The highest BCUT2D eigenvalue weighted by atomic mass is 16.6. The molecule has 1 aliphatic heterocycles. The van der Waals surface area contributed by atoms with Crippen LogP contribution < -0.4 is 10.5 Å². The number of aliphatic hydroxyl groups is 3. The summed E-state index contributed by atoms with van der Waals surface area (Å²) in [5.41, 5.74) is 5.78. The van der Waals surface area contributed by atoms with Crippen LogP contribution >= 0.6 is 0 Å². The molecule has 3 heterocycles. The lowest BCUT2D eigenvalue weighted by atomic mass is 10.1. The molecule has 24 heavy (non-hydrogen) atoms. The minimum Gasteiger partial charge on any atom is -0.480 e. The van der Waals surface area contributed by atoms with E-state index in [1.807, 2.05) is 0 Å². The van der Waals surface area contributed by atoms with Gasteiger partial charge in [-0.1, -0.05) is 0 Å². The van der Waals surface area contributed by atoms with Gasteiger partial charge in [0.1, 0.15) is 24.1 Å². The number of fused-ring (bicyclic) bond motifs is 1. The largest absolute Gasteiger partial charge is 0.480 e. The number of aryl methyl sites for hydroxylation is 1. The third-order valence-electron chi connectivity index (χ3n) is 4.00. The molecule has 3 rings (SSSR count). The Hall–Kier alpha value is -2.27. The Kier molecular flexibility index (Phi) is 4.13. The molecule has 0 unspecified atom stereocenters. The molecular formula is C14H18N4O6. The van der Waals surface area contributed by atoms with Gasteiger partial charge in [-0.25, -0.2) is 4.98 Å². The second-order valence-electron chi connectivity index (χ2n) is 5.52. The van der Waals surface area contributed by atoms with Crippen LogP contribution in [-0.4, -0.2) is 67.8 Å². The zero-order valence-electron chi connectivity index (χ0n) is 13.1.